The fourth-order valence-electron chi connectivity index (χ4n) is 1.59. The highest BCUT2D eigenvalue weighted by molar-refractivity contribution is 7.89. The molecule has 0 spiro atoms. The summed E-state index contributed by atoms with van der Waals surface area (Å²) in [6.07, 6.45) is 1.70. The van der Waals surface area contributed by atoms with Crippen LogP contribution in [0, 0.1) is 0 Å². The van der Waals surface area contributed by atoms with E-state index in [1.807, 2.05) is 30.3 Å². The highest BCUT2D eigenvalue weighted by Gasteiger charge is 2.08. The average Bonchev–Trinajstić information content (AvgIpc) is 2.94. The summed E-state index contributed by atoms with van der Waals surface area (Å²) in [7, 11) is -3.21. The molecule has 0 atom stereocenters. The summed E-state index contributed by atoms with van der Waals surface area (Å²) in [6, 6.07) is 9.50. The van der Waals surface area contributed by atoms with Crippen LogP contribution < -0.4 is 9.46 Å². The van der Waals surface area contributed by atoms with Crippen LogP contribution in [0.25, 0.3) is 0 Å². The third kappa shape index (κ3) is 5.16. The van der Waals surface area contributed by atoms with Gasteiger partial charge in [0.2, 0.25) is 10.0 Å². The van der Waals surface area contributed by atoms with Gasteiger partial charge in [-0.1, -0.05) is 23.4 Å². The zero-order valence-electron chi connectivity index (χ0n) is 11.8. The molecule has 8 heteroatoms. The normalized spacial score (nSPS) is 11.5. The van der Waals surface area contributed by atoms with E-state index in [-0.39, 0.29) is 12.3 Å². The molecule has 0 aliphatic heterocycles. The maximum absolute atomic E-state index is 11.3. The van der Waals surface area contributed by atoms with Crippen molar-refractivity contribution in [3.05, 3.63) is 42.2 Å². The number of benzene rings is 1. The zero-order chi connectivity index (χ0) is 15.1. The van der Waals surface area contributed by atoms with E-state index in [0.717, 1.165) is 5.75 Å². The summed E-state index contributed by atoms with van der Waals surface area (Å²) in [5.74, 6) is 0.847. The average molecular weight is 310 g/mol. The molecule has 1 heterocycles. The van der Waals surface area contributed by atoms with Crippen LogP contribution in [-0.2, 0) is 23.1 Å². The first kappa shape index (κ1) is 15.5. The van der Waals surface area contributed by atoms with Crippen LogP contribution in [0.15, 0.2) is 36.5 Å². The second-order valence-corrected chi connectivity index (χ2v) is 6.45. The molecule has 0 radical (unpaired) electrons. The molecule has 7 nitrogen and oxygen atoms in total. The fraction of sp³-hybridized carbons (Fsp3) is 0.385. The maximum Gasteiger partial charge on any atom is 0.211 e. The van der Waals surface area contributed by atoms with Gasteiger partial charge >= 0.3 is 0 Å². The van der Waals surface area contributed by atoms with E-state index < -0.39 is 10.0 Å². The minimum Gasteiger partial charge on any atom is -0.492 e. The largest absolute Gasteiger partial charge is 0.492 e. The fourth-order valence-corrected chi connectivity index (χ4v) is 2.16. The van der Waals surface area contributed by atoms with Crippen molar-refractivity contribution in [2.75, 3.05) is 12.4 Å². The van der Waals surface area contributed by atoms with Gasteiger partial charge in [0.25, 0.3) is 0 Å². The number of hydrogen-bond acceptors (Lipinski definition) is 5. The molecule has 2 aromatic rings. The van der Waals surface area contributed by atoms with Gasteiger partial charge in [-0.15, -0.1) is 5.10 Å². The molecule has 21 heavy (non-hydrogen) atoms. The van der Waals surface area contributed by atoms with Crippen molar-refractivity contribution in [1.29, 1.82) is 0 Å². The Morgan fingerprint density at radius 2 is 2.05 bits per heavy atom. The number of aromatic nitrogens is 3. The molecule has 0 bridgehead atoms. The van der Waals surface area contributed by atoms with Gasteiger partial charge < -0.3 is 4.74 Å². The number of nitrogens with zero attached hydrogens (tertiary/aromatic N) is 3. The maximum atomic E-state index is 11.3. The van der Waals surface area contributed by atoms with Crippen LogP contribution in [0.2, 0.25) is 0 Å². The topological polar surface area (TPSA) is 86.1 Å². The summed E-state index contributed by atoms with van der Waals surface area (Å²) in [5.41, 5.74) is 0.576. The van der Waals surface area contributed by atoms with Crippen LogP contribution in [0.3, 0.4) is 0 Å². The zero-order valence-corrected chi connectivity index (χ0v) is 12.6. The third-order valence-electron chi connectivity index (χ3n) is 2.77. The molecular formula is C13H18N4O3S. The van der Waals surface area contributed by atoms with Gasteiger partial charge in [-0.2, -0.15) is 0 Å². The monoisotopic (exact) mass is 310 g/mol. The summed E-state index contributed by atoms with van der Waals surface area (Å²) in [5, 5.41) is 7.84. The SMILES string of the molecule is CCS(=O)(=O)NCc1cn(CCOc2ccccc2)nn1. The van der Waals surface area contributed by atoms with Gasteiger partial charge in [-0.25, -0.2) is 17.8 Å². The molecule has 0 aliphatic rings. The molecule has 0 unspecified atom stereocenters. The Kier molecular flexibility index (Phi) is 5.29. The molecule has 0 aliphatic carbocycles. The van der Waals surface area contributed by atoms with Gasteiger partial charge in [-0.05, 0) is 19.1 Å². The molecule has 0 fully saturated rings. The van der Waals surface area contributed by atoms with Crippen molar-refractivity contribution in [3.63, 3.8) is 0 Å². The van der Waals surface area contributed by atoms with Gasteiger partial charge in [0.05, 0.1) is 24.5 Å². The lowest BCUT2D eigenvalue weighted by Gasteiger charge is -2.05. The Morgan fingerprint density at radius 1 is 1.29 bits per heavy atom. The van der Waals surface area contributed by atoms with E-state index in [1.165, 1.54) is 0 Å². The Hall–Kier alpha value is -1.93. The van der Waals surface area contributed by atoms with Gasteiger partial charge in [-0.3, -0.25) is 0 Å². The first-order valence-electron chi connectivity index (χ1n) is 6.63. The molecule has 1 aromatic carbocycles. The van der Waals surface area contributed by atoms with E-state index in [0.29, 0.717) is 18.8 Å². The molecule has 114 valence electrons. The second-order valence-electron chi connectivity index (χ2n) is 4.36. The van der Waals surface area contributed by atoms with Crippen LogP contribution in [0.5, 0.6) is 5.75 Å². The highest BCUT2D eigenvalue weighted by Crippen LogP contribution is 2.07. The standard InChI is InChI=1S/C13H18N4O3S/c1-2-21(18,19)14-10-12-11-17(16-15-12)8-9-20-13-6-4-3-5-7-13/h3-7,11,14H,2,8-10H2,1H3. The Balaban J connectivity index is 1.78. The molecule has 0 saturated heterocycles. The predicted molar refractivity (Wildman–Crippen MR) is 78.3 cm³/mol. The first-order chi connectivity index (χ1) is 10.1. The van der Waals surface area contributed by atoms with Crippen LogP contribution in [0.1, 0.15) is 12.6 Å². The Labute approximate surface area is 124 Å². The molecule has 0 saturated carbocycles. The van der Waals surface area contributed by atoms with E-state index in [2.05, 4.69) is 15.0 Å². The van der Waals surface area contributed by atoms with Crippen molar-refractivity contribution in [2.24, 2.45) is 0 Å². The van der Waals surface area contributed by atoms with Gasteiger partial charge in [0, 0.05) is 6.20 Å². The number of para-hydroxylation sites is 1. The van der Waals surface area contributed by atoms with E-state index in [1.54, 1.807) is 17.8 Å². The lowest BCUT2D eigenvalue weighted by molar-refractivity contribution is 0.289. The number of rotatable bonds is 8. The minimum absolute atomic E-state index is 0.0477. The molecule has 1 aromatic heterocycles. The summed E-state index contributed by atoms with van der Waals surface area (Å²) < 4.78 is 32.3. The minimum atomic E-state index is -3.21. The van der Waals surface area contributed by atoms with Crippen LogP contribution >= 0.6 is 0 Å². The van der Waals surface area contributed by atoms with Crippen molar-refractivity contribution in [1.82, 2.24) is 19.7 Å². The number of sulfonamides is 1. The molecule has 1 N–H and O–H groups in total. The predicted octanol–water partition coefficient (Wildman–Crippen LogP) is 0.796. The highest BCUT2D eigenvalue weighted by atomic mass is 32.2. The lowest BCUT2D eigenvalue weighted by Crippen LogP contribution is -2.24. The van der Waals surface area contributed by atoms with Crippen molar-refractivity contribution >= 4 is 10.0 Å². The first-order valence-corrected chi connectivity index (χ1v) is 8.28. The van der Waals surface area contributed by atoms with Crippen molar-refractivity contribution in [2.45, 2.75) is 20.0 Å². The quantitative estimate of drug-likeness (QED) is 0.779. The van der Waals surface area contributed by atoms with Crippen LogP contribution in [-0.4, -0.2) is 35.8 Å². The summed E-state index contributed by atoms with van der Waals surface area (Å²) >= 11 is 0. The summed E-state index contributed by atoms with van der Waals surface area (Å²) in [4.78, 5) is 0. The van der Waals surface area contributed by atoms with E-state index in [4.69, 9.17) is 4.74 Å². The molecule has 0 amide bonds. The van der Waals surface area contributed by atoms with E-state index >= 15 is 0 Å². The van der Waals surface area contributed by atoms with Crippen molar-refractivity contribution < 1.29 is 13.2 Å². The molecule has 2 rings (SSSR count). The smallest absolute Gasteiger partial charge is 0.211 e. The Morgan fingerprint density at radius 3 is 2.76 bits per heavy atom. The number of nitrogens with one attached hydrogen (secondary N) is 1. The Bertz CT molecular complexity index is 655. The molecular weight excluding hydrogens is 292 g/mol. The second kappa shape index (κ2) is 7.19. The van der Waals surface area contributed by atoms with Gasteiger partial charge in [0.15, 0.2) is 0 Å². The third-order valence-corrected chi connectivity index (χ3v) is 4.12. The lowest BCUT2D eigenvalue weighted by atomic mass is 10.3. The van der Waals surface area contributed by atoms with E-state index in [9.17, 15) is 8.42 Å². The number of hydrogen-bond donors (Lipinski definition) is 1. The van der Waals surface area contributed by atoms with Crippen LogP contribution in [0.4, 0.5) is 0 Å². The number of ether oxygens (including phenoxy) is 1. The van der Waals surface area contributed by atoms with Gasteiger partial charge in [0.1, 0.15) is 12.4 Å². The van der Waals surface area contributed by atoms with Crippen molar-refractivity contribution in [3.8, 4) is 5.75 Å². The summed E-state index contributed by atoms with van der Waals surface area (Å²) in [6.45, 7) is 2.74.